The van der Waals surface area contributed by atoms with Crippen LogP contribution < -0.4 is 5.32 Å². The fraction of sp³-hybridized carbons (Fsp3) is 0.500. The minimum Gasteiger partial charge on any atom is -0.338 e. The maximum absolute atomic E-state index is 12.3. The summed E-state index contributed by atoms with van der Waals surface area (Å²) in [7, 11) is 0. The van der Waals surface area contributed by atoms with Gasteiger partial charge in [-0.1, -0.05) is 0 Å². The topological polar surface area (TPSA) is 73.9 Å². The molecule has 0 bridgehead atoms. The number of aromatic nitrogens is 3. The first-order chi connectivity index (χ1) is 10.2. The molecule has 21 heavy (non-hydrogen) atoms. The number of H-pyrrole nitrogens is 1. The van der Waals surface area contributed by atoms with Crippen LogP contribution in [0.4, 0.5) is 4.79 Å². The van der Waals surface area contributed by atoms with E-state index >= 15 is 0 Å². The van der Waals surface area contributed by atoms with Crippen molar-refractivity contribution in [2.45, 2.75) is 32.2 Å². The predicted molar refractivity (Wildman–Crippen MR) is 81.2 cm³/mol. The van der Waals surface area contributed by atoms with Crippen molar-refractivity contribution in [3.05, 3.63) is 34.0 Å². The number of rotatable bonds is 4. The third-order valence-corrected chi connectivity index (χ3v) is 4.53. The molecule has 1 aliphatic heterocycles. The van der Waals surface area contributed by atoms with Crippen LogP contribution in [0.25, 0.3) is 0 Å². The lowest BCUT2D eigenvalue weighted by molar-refractivity contribution is 0.192. The SMILES string of the molecule is Cc1nc([C@H]2CCCN2C(=O)NCCc2cn[nH]c2)cs1. The van der Waals surface area contributed by atoms with Crippen LogP contribution in [0.3, 0.4) is 0 Å². The Balaban J connectivity index is 1.55. The second-order valence-electron chi connectivity index (χ2n) is 5.23. The molecule has 0 radical (unpaired) electrons. The molecule has 0 unspecified atom stereocenters. The number of likely N-dealkylation sites (tertiary alicyclic amines) is 1. The van der Waals surface area contributed by atoms with Gasteiger partial charge in [-0.25, -0.2) is 9.78 Å². The molecular weight excluding hydrogens is 286 g/mol. The standard InChI is InChI=1S/C14H19N5OS/c1-10-18-12(9-21-10)13-3-2-6-19(13)14(20)15-5-4-11-7-16-17-8-11/h7-9,13H,2-6H2,1H3,(H,15,20)(H,16,17)/t13-/m1/s1. The summed E-state index contributed by atoms with van der Waals surface area (Å²) in [5.74, 6) is 0. The van der Waals surface area contributed by atoms with E-state index in [-0.39, 0.29) is 12.1 Å². The highest BCUT2D eigenvalue weighted by molar-refractivity contribution is 7.09. The minimum absolute atomic E-state index is 0.00616. The van der Waals surface area contributed by atoms with Crippen LogP contribution in [-0.4, -0.2) is 39.2 Å². The molecule has 2 aromatic heterocycles. The summed E-state index contributed by atoms with van der Waals surface area (Å²) in [6.07, 6.45) is 6.46. The van der Waals surface area contributed by atoms with Gasteiger partial charge in [0.05, 0.1) is 22.9 Å². The Morgan fingerprint density at radius 3 is 3.24 bits per heavy atom. The monoisotopic (exact) mass is 305 g/mol. The zero-order valence-corrected chi connectivity index (χ0v) is 12.8. The summed E-state index contributed by atoms with van der Waals surface area (Å²) in [5, 5.41) is 12.8. The molecule has 1 saturated heterocycles. The first-order valence-electron chi connectivity index (χ1n) is 7.18. The fourth-order valence-corrected chi connectivity index (χ4v) is 3.34. The van der Waals surface area contributed by atoms with E-state index in [4.69, 9.17) is 0 Å². The van der Waals surface area contributed by atoms with E-state index in [0.29, 0.717) is 6.54 Å². The van der Waals surface area contributed by atoms with Gasteiger partial charge in [0.1, 0.15) is 0 Å². The molecule has 3 rings (SSSR count). The largest absolute Gasteiger partial charge is 0.338 e. The van der Waals surface area contributed by atoms with Crippen molar-refractivity contribution in [2.75, 3.05) is 13.1 Å². The number of thiazole rings is 1. The summed E-state index contributed by atoms with van der Waals surface area (Å²) in [5.41, 5.74) is 2.13. The number of carbonyl (C=O) groups is 1. The highest BCUT2D eigenvalue weighted by atomic mass is 32.1. The van der Waals surface area contributed by atoms with E-state index < -0.39 is 0 Å². The lowest BCUT2D eigenvalue weighted by atomic mass is 10.2. The molecule has 1 fully saturated rings. The van der Waals surface area contributed by atoms with Crippen LogP contribution in [0.15, 0.2) is 17.8 Å². The van der Waals surface area contributed by atoms with Gasteiger partial charge >= 0.3 is 6.03 Å². The Labute approximate surface area is 127 Å². The lowest BCUT2D eigenvalue weighted by Crippen LogP contribution is -2.40. The van der Waals surface area contributed by atoms with Crippen molar-refractivity contribution in [3.63, 3.8) is 0 Å². The van der Waals surface area contributed by atoms with Gasteiger partial charge in [0.25, 0.3) is 0 Å². The van der Waals surface area contributed by atoms with E-state index in [2.05, 4.69) is 25.9 Å². The van der Waals surface area contributed by atoms with Crippen LogP contribution >= 0.6 is 11.3 Å². The second kappa shape index (κ2) is 6.26. The van der Waals surface area contributed by atoms with E-state index in [1.54, 1.807) is 17.5 Å². The van der Waals surface area contributed by atoms with E-state index in [1.165, 1.54) is 0 Å². The van der Waals surface area contributed by atoms with Gasteiger partial charge in [-0.3, -0.25) is 5.10 Å². The number of urea groups is 1. The molecule has 7 heteroatoms. The van der Waals surface area contributed by atoms with Crippen LogP contribution in [0.1, 0.15) is 35.1 Å². The zero-order valence-electron chi connectivity index (χ0n) is 12.0. The van der Waals surface area contributed by atoms with Gasteiger partial charge < -0.3 is 10.2 Å². The van der Waals surface area contributed by atoms with Crippen LogP contribution in [0, 0.1) is 6.92 Å². The van der Waals surface area contributed by atoms with Crippen LogP contribution in [-0.2, 0) is 6.42 Å². The minimum atomic E-state index is 0.00616. The molecule has 2 amide bonds. The second-order valence-corrected chi connectivity index (χ2v) is 6.29. The molecule has 3 heterocycles. The molecular formula is C14H19N5OS. The summed E-state index contributed by atoms with van der Waals surface area (Å²) < 4.78 is 0. The van der Waals surface area contributed by atoms with Crippen molar-refractivity contribution >= 4 is 17.4 Å². The maximum Gasteiger partial charge on any atom is 0.317 e. The van der Waals surface area contributed by atoms with Gasteiger partial charge in [0.2, 0.25) is 0 Å². The number of amides is 2. The number of carbonyl (C=O) groups excluding carboxylic acids is 1. The van der Waals surface area contributed by atoms with Crippen molar-refractivity contribution in [1.82, 2.24) is 25.4 Å². The van der Waals surface area contributed by atoms with Gasteiger partial charge in [0, 0.05) is 24.7 Å². The van der Waals surface area contributed by atoms with Gasteiger partial charge in [-0.2, -0.15) is 5.10 Å². The molecule has 0 saturated carbocycles. The Kier molecular flexibility index (Phi) is 4.19. The smallest absolute Gasteiger partial charge is 0.317 e. The van der Waals surface area contributed by atoms with E-state index in [1.807, 2.05) is 18.0 Å². The highest BCUT2D eigenvalue weighted by Crippen LogP contribution is 2.32. The summed E-state index contributed by atoms with van der Waals surface area (Å²) in [6, 6.07) is 0.135. The molecule has 1 atom stereocenters. The van der Waals surface area contributed by atoms with Crippen LogP contribution in [0.2, 0.25) is 0 Å². The average molecular weight is 305 g/mol. The summed E-state index contributed by atoms with van der Waals surface area (Å²) >= 11 is 1.64. The normalized spacial score (nSPS) is 18.1. The van der Waals surface area contributed by atoms with Gasteiger partial charge in [0.15, 0.2) is 0 Å². The molecule has 0 aliphatic carbocycles. The predicted octanol–water partition coefficient (Wildman–Crippen LogP) is 2.26. The average Bonchev–Trinajstić information content (AvgIpc) is 3.18. The van der Waals surface area contributed by atoms with Crippen molar-refractivity contribution in [2.24, 2.45) is 0 Å². The number of nitrogens with one attached hydrogen (secondary N) is 2. The fourth-order valence-electron chi connectivity index (χ4n) is 2.68. The Morgan fingerprint density at radius 1 is 1.62 bits per heavy atom. The van der Waals surface area contributed by atoms with Crippen molar-refractivity contribution < 1.29 is 4.79 Å². The lowest BCUT2D eigenvalue weighted by Gasteiger charge is -2.23. The number of hydrogen-bond donors (Lipinski definition) is 2. The molecule has 0 spiro atoms. The van der Waals surface area contributed by atoms with Crippen molar-refractivity contribution in [1.29, 1.82) is 0 Å². The number of aryl methyl sites for hydroxylation is 1. The molecule has 0 aromatic carbocycles. The zero-order chi connectivity index (χ0) is 14.7. The third kappa shape index (κ3) is 3.24. The Morgan fingerprint density at radius 2 is 2.52 bits per heavy atom. The molecule has 6 nitrogen and oxygen atoms in total. The maximum atomic E-state index is 12.3. The molecule has 2 N–H and O–H groups in total. The van der Waals surface area contributed by atoms with Gasteiger partial charge in [-0.05, 0) is 31.7 Å². The quantitative estimate of drug-likeness (QED) is 0.910. The first-order valence-corrected chi connectivity index (χ1v) is 8.06. The molecule has 2 aromatic rings. The van der Waals surface area contributed by atoms with E-state index in [9.17, 15) is 4.79 Å². The number of aromatic amines is 1. The number of nitrogens with zero attached hydrogens (tertiary/aromatic N) is 3. The highest BCUT2D eigenvalue weighted by Gasteiger charge is 2.31. The summed E-state index contributed by atoms with van der Waals surface area (Å²) in [6.45, 7) is 3.43. The summed E-state index contributed by atoms with van der Waals surface area (Å²) in [4.78, 5) is 18.8. The Hall–Kier alpha value is -1.89. The van der Waals surface area contributed by atoms with E-state index in [0.717, 1.165) is 42.1 Å². The molecule has 112 valence electrons. The third-order valence-electron chi connectivity index (χ3n) is 3.74. The van der Waals surface area contributed by atoms with Crippen molar-refractivity contribution in [3.8, 4) is 0 Å². The molecule has 1 aliphatic rings. The Bertz CT molecular complexity index is 594. The van der Waals surface area contributed by atoms with Crippen LogP contribution in [0.5, 0.6) is 0 Å². The number of hydrogen-bond acceptors (Lipinski definition) is 4. The van der Waals surface area contributed by atoms with Gasteiger partial charge in [-0.15, -0.1) is 11.3 Å². The first kappa shape index (κ1) is 14.1.